The minimum Gasteiger partial charge on any atom is -0.401 e. The van der Waals surface area contributed by atoms with Gasteiger partial charge in [0.25, 0.3) is 20.2 Å². The molecule has 170 valence electrons. The van der Waals surface area contributed by atoms with Gasteiger partial charge >= 0.3 is 0 Å². The lowest BCUT2D eigenvalue weighted by Crippen LogP contribution is -2.67. The van der Waals surface area contributed by atoms with Crippen LogP contribution in [0.3, 0.4) is 0 Å². The highest BCUT2D eigenvalue weighted by Crippen LogP contribution is 2.38. The van der Waals surface area contributed by atoms with E-state index in [1.807, 2.05) is 81.4 Å². The zero-order chi connectivity index (χ0) is 22.8. The van der Waals surface area contributed by atoms with Gasteiger partial charge in [0.15, 0.2) is 0 Å². The molecule has 0 radical (unpaired) electrons. The van der Waals surface area contributed by atoms with Crippen LogP contribution in [0.4, 0.5) is 17.6 Å². The van der Waals surface area contributed by atoms with Gasteiger partial charge in [0.2, 0.25) is 0 Å². The average molecular weight is 454 g/mol. The van der Waals surface area contributed by atoms with E-state index in [-0.39, 0.29) is 25.9 Å². The van der Waals surface area contributed by atoms with Crippen molar-refractivity contribution in [2.24, 2.45) is 0 Å². The Morgan fingerprint density at radius 1 is 0.871 bits per heavy atom. The largest absolute Gasteiger partial charge is 0.401 e. The first-order chi connectivity index (χ1) is 14.5. The van der Waals surface area contributed by atoms with Gasteiger partial charge in [-0.2, -0.15) is 0 Å². The Labute approximate surface area is 183 Å². The minimum atomic E-state index is -3.14. The summed E-state index contributed by atoms with van der Waals surface area (Å²) in [5, 5.41) is 1.46. The number of nitrogens with zero attached hydrogens (tertiary/aromatic N) is 1. The van der Waals surface area contributed by atoms with E-state index in [4.69, 9.17) is 4.43 Å². The zero-order valence-electron chi connectivity index (χ0n) is 18.4. The highest BCUT2D eigenvalue weighted by molar-refractivity contribution is 6.99. The van der Waals surface area contributed by atoms with Gasteiger partial charge < -0.3 is 4.43 Å². The Balaban J connectivity index is 1.87. The number of likely N-dealkylation sites (tertiary alicyclic amines) is 1. The predicted molar refractivity (Wildman–Crippen MR) is 119 cm³/mol. The third-order valence-corrected chi connectivity index (χ3v) is 10.9. The van der Waals surface area contributed by atoms with Crippen molar-refractivity contribution in [2.45, 2.75) is 50.5 Å². The lowest BCUT2D eigenvalue weighted by Gasteiger charge is -2.44. The highest BCUT2D eigenvalue weighted by Gasteiger charge is 2.52. The van der Waals surface area contributed by atoms with Crippen LogP contribution in [0, 0.1) is 0 Å². The van der Waals surface area contributed by atoms with Crippen LogP contribution < -0.4 is 10.4 Å². The first-order valence-corrected chi connectivity index (χ1v) is 12.6. The van der Waals surface area contributed by atoms with Crippen LogP contribution in [0.25, 0.3) is 0 Å². The number of piperidine rings is 1. The molecule has 1 fully saturated rings. The molecular formula is C24H31F4NOSi. The molecule has 0 spiro atoms. The molecule has 1 heterocycles. The van der Waals surface area contributed by atoms with Gasteiger partial charge in [-0.1, -0.05) is 81.4 Å². The monoisotopic (exact) mass is 453 g/mol. The van der Waals surface area contributed by atoms with E-state index < -0.39 is 38.4 Å². The maximum Gasteiger partial charge on any atom is 0.282 e. The van der Waals surface area contributed by atoms with Crippen LogP contribution in [-0.4, -0.2) is 51.3 Å². The molecule has 0 aromatic heterocycles. The van der Waals surface area contributed by atoms with Crippen LogP contribution in [0.1, 0.15) is 33.6 Å². The van der Waals surface area contributed by atoms with Crippen molar-refractivity contribution in [2.75, 3.05) is 26.2 Å². The Hall–Kier alpha value is -1.70. The second-order valence-corrected chi connectivity index (χ2v) is 13.7. The molecule has 0 N–H and O–H groups in total. The molecule has 2 nitrogen and oxygen atoms in total. The van der Waals surface area contributed by atoms with E-state index in [1.165, 1.54) is 4.90 Å². The lowest BCUT2D eigenvalue weighted by molar-refractivity contribution is -0.0991. The third kappa shape index (κ3) is 5.57. The molecule has 0 bridgehead atoms. The molecular weight excluding hydrogens is 422 g/mol. The van der Waals surface area contributed by atoms with Crippen LogP contribution >= 0.6 is 0 Å². The summed E-state index contributed by atoms with van der Waals surface area (Å²) in [5.74, 6) is -5.89. The highest BCUT2D eigenvalue weighted by atomic mass is 28.4. The third-order valence-electron chi connectivity index (χ3n) is 5.96. The van der Waals surface area contributed by atoms with Crippen LogP contribution in [-0.2, 0) is 4.43 Å². The van der Waals surface area contributed by atoms with E-state index in [1.54, 1.807) is 0 Å². The summed E-state index contributed by atoms with van der Waals surface area (Å²) in [7, 11) is -3.07. The van der Waals surface area contributed by atoms with Crippen molar-refractivity contribution in [3.63, 3.8) is 0 Å². The molecule has 0 saturated carbocycles. The van der Waals surface area contributed by atoms with Crippen LogP contribution in [0.15, 0.2) is 60.7 Å². The number of benzene rings is 2. The maximum absolute atomic E-state index is 15.0. The van der Waals surface area contributed by atoms with Crippen molar-refractivity contribution >= 4 is 18.7 Å². The molecule has 1 aliphatic heterocycles. The van der Waals surface area contributed by atoms with E-state index in [9.17, 15) is 8.78 Å². The summed E-state index contributed by atoms with van der Waals surface area (Å²) in [5.41, 5.74) is 0. The average Bonchev–Trinajstić information content (AvgIpc) is 2.70. The fourth-order valence-corrected chi connectivity index (χ4v) is 8.97. The normalized spacial score (nSPS) is 18.2. The number of alkyl halides is 4. The molecule has 2 aromatic carbocycles. The second-order valence-electron chi connectivity index (χ2n) is 9.44. The predicted octanol–water partition coefficient (Wildman–Crippen LogP) is 4.93. The fraction of sp³-hybridized carbons (Fsp3) is 0.500. The van der Waals surface area contributed by atoms with E-state index in [0.29, 0.717) is 0 Å². The van der Waals surface area contributed by atoms with E-state index in [2.05, 4.69) is 0 Å². The smallest absolute Gasteiger partial charge is 0.282 e. The standard InChI is InChI=1S/C24H31F4NOSi/c1-22(2,3)31(20-10-6-4-7-11-20,21-12-8-5-9-13-21)30-19-24(27,28)18-29-16-14-23(25,26)15-17-29/h4-13H,14-19H2,1-3H3. The molecule has 2 aromatic rings. The van der Waals surface area contributed by atoms with Crippen molar-refractivity contribution in [3.8, 4) is 0 Å². The topological polar surface area (TPSA) is 12.5 Å². The number of rotatable bonds is 7. The van der Waals surface area contributed by atoms with Gasteiger partial charge in [-0.25, -0.2) is 17.6 Å². The van der Waals surface area contributed by atoms with Gasteiger partial charge in [0.05, 0.1) is 13.2 Å². The van der Waals surface area contributed by atoms with Crippen molar-refractivity contribution < 1.29 is 22.0 Å². The van der Waals surface area contributed by atoms with Gasteiger partial charge in [-0.3, -0.25) is 4.90 Å². The molecule has 0 atom stereocenters. The van der Waals surface area contributed by atoms with E-state index in [0.717, 1.165) is 10.4 Å². The zero-order valence-corrected chi connectivity index (χ0v) is 19.4. The molecule has 3 rings (SSSR count). The summed E-state index contributed by atoms with van der Waals surface area (Å²) < 4.78 is 63.1. The second kappa shape index (κ2) is 9.04. The van der Waals surface area contributed by atoms with Crippen LogP contribution in [0.5, 0.6) is 0 Å². The minimum absolute atomic E-state index is 0.0260. The molecule has 0 unspecified atom stereocenters. The van der Waals surface area contributed by atoms with Gasteiger partial charge in [-0.05, 0) is 15.4 Å². The molecule has 31 heavy (non-hydrogen) atoms. The molecule has 1 aliphatic rings. The number of hydrogen-bond donors (Lipinski definition) is 0. The van der Waals surface area contributed by atoms with E-state index >= 15 is 8.78 Å². The Bertz CT molecular complexity index is 790. The SMILES string of the molecule is CC(C)(C)[Si](OCC(F)(F)CN1CCC(F)(F)CC1)(c1ccccc1)c1ccccc1. The summed E-state index contributed by atoms with van der Waals surface area (Å²) in [4.78, 5) is 1.42. The summed E-state index contributed by atoms with van der Waals surface area (Å²) in [6, 6.07) is 19.2. The number of halogens is 4. The Morgan fingerprint density at radius 2 is 1.32 bits per heavy atom. The van der Waals surface area contributed by atoms with Crippen molar-refractivity contribution in [1.29, 1.82) is 0 Å². The fourth-order valence-electron chi connectivity index (χ4n) is 4.39. The lowest BCUT2D eigenvalue weighted by atomic mass is 10.1. The van der Waals surface area contributed by atoms with Crippen molar-refractivity contribution in [3.05, 3.63) is 60.7 Å². The first kappa shape index (κ1) is 23.9. The summed E-state index contributed by atoms with van der Waals surface area (Å²) >= 11 is 0. The molecule has 0 amide bonds. The van der Waals surface area contributed by atoms with Crippen molar-refractivity contribution in [1.82, 2.24) is 4.90 Å². The maximum atomic E-state index is 15.0. The van der Waals surface area contributed by atoms with Gasteiger partial charge in [-0.15, -0.1) is 0 Å². The molecule has 7 heteroatoms. The quantitative estimate of drug-likeness (QED) is 0.435. The molecule has 1 saturated heterocycles. The first-order valence-electron chi connectivity index (χ1n) is 10.7. The van der Waals surface area contributed by atoms with Gasteiger partial charge in [0, 0.05) is 25.9 Å². The number of hydrogen-bond acceptors (Lipinski definition) is 2. The summed E-state index contributed by atoms with van der Waals surface area (Å²) in [6.45, 7) is 4.73. The van der Waals surface area contributed by atoms with Gasteiger partial charge in [0.1, 0.15) is 0 Å². The Kier molecular flexibility index (Phi) is 6.98. The summed E-state index contributed by atoms with van der Waals surface area (Å²) in [6.07, 6.45) is -0.753. The van der Waals surface area contributed by atoms with Crippen LogP contribution in [0.2, 0.25) is 5.04 Å². The molecule has 0 aliphatic carbocycles. The Morgan fingerprint density at radius 3 is 1.74 bits per heavy atom.